The molecule has 3 N–H and O–H groups in total. The largest absolute Gasteiger partial charge is 0.395 e. The molecule has 1 heterocycles. The number of nitrogens with one attached hydrogen (secondary N) is 1. The van der Waals surface area contributed by atoms with Gasteiger partial charge in [-0.2, -0.15) is 0 Å². The van der Waals surface area contributed by atoms with Crippen molar-refractivity contribution in [1.82, 2.24) is 10.2 Å². The van der Waals surface area contributed by atoms with Gasteiger partial charge in [-0.05, 0) is 6.42 Å². The van der Waals surface area contributed by atoms with E-state index in [1.54, 1.807) is 0 Å². The zero-order valence-corrected chi connectivity index (χ0v) is 9.11. The molecule has 0 bridgehead atoms. The van der Waals surface area contributed by atoms with Crippen LogP contribution in [0.3, 0.4) is 0 Å². The number of hydrogen-bond acceptors (Lipinski definition) is 4. The van der Waals surface area contributed by atoms with E-state index < -0.39 is 0 Å². The summed E-state index contributed by atoms with van der Waals surface area (Å²) in [6.45, 7) is 6.66. The molecule has 0 spiro atoms. The van der Waals surface area contributed by atoms with Crippen molar-refractivity contribution in [2.45, 2.75) is 38.5 Å². The summed E-state index contributed by atoms with van der Waals surface area (Å²) in [5.41, 5.74) is 0. The number of rotatable bonds is 4. The minimum atomic E-state index is -0.258. The highest BCUT2D eigenvalue weighted by Crippen LogP contribution is 2.10. The Morgan fingerprint density at radius 2 is 2.14 bits per heavy atom. The molecule has 1 rings (SSSR count). The Balaban J connectivity index is 2.37. The van der Waals surface area contributed by atoms with Crippen molar-refractivity contribution in [1.29, 1.82) is 0 Å². The molecule has 1 aliphatic heterocycles. The molecular formula is C10H22N2O2. The molecule has 4 nitrogen and oxygen atoms in total. The molecule has 0 saturated carbocycles. The van der Waals surface area contributed by atoms with Crippen LogP contribution in [-0.2, 0) is 0 Å². The third-order valence-corrected chi connectivity index (χ3v) is 2.49. The van der Waals surface area contributed by atoms with Crippen LogP contribution in [-0.4, -0.2) is 59.5 Å². The first-order valence-corrected chi connectivity index (χ1v) is 5.39. The molecule has 1 fully saturated rings. The highest BCUT2D eigenvalue weighted by atomic mass is 16.3. The molecule has 1 aliphatic rings. The molecule has 14 heavy (non-hydrogen) atoms. The van der Waals surface area contributed by atoms with Crippen LogP contribution >= 0.6 is 0 Å². The number of nitrogens with zero attached hydrogens (tertiary/aromatic N) is 1. The Kier molecular flexibility index (Phi) is 4.81. The minimum absolute atomic E-state index is 0.168. The van der Waals surface area contributed by atoms with E-state index in [0.717, 1.165) is 13.0 Å². The summed E-state index contributed by atoms with van der Waals surface area (Å²) < 4.78 is 0. The Labute approximate surface area is 85.9 Å². The number of aliphatic hydroxyl groups is 2. The van der Waals surface area contributed by atoms with Crippen molar-refractivity contribution in [3.05, 3.63) is 0 Å². The average Bonchev–Trinajstić information content (AvgIpc) is 2.01. The summed E-state index contributed by atoms with van der Waals surface area (Å²) in [5, 5.41) is 21.9. The van der Waals surface area contributed by atoms with Crippen molar-refractivity contribution >= 4 is 0 Å². The third kappa shape index (κ3) is 3.92. The van der Waals surface area contributed by atoms with Gasteiger partial charge in [-0.1, -0.05) is 13.8 Å². The van der Waals surface area contributed by atoms with Crippen LogP contribution in [0.4, 0.5) is 0 Å². The van der Waals surface area contributed by atoms with Gasteiger partial charge >= 0.3 is 0 Å². The van der Waals surface area contributed by atoms with Crippen LogP contribution < -0.4 is 5.32 Å². The molecule has 2 atom stereocenters. The fraction of sp³-hybridized carbons (Fsp3) is 1.00. The quantitative estimate of drug-likeness (QED) is 0.570. The molecule has 0 aromatic heterocycles. The van der Waals surface area contributed by atoms with Crippen LogP contribution in [0.1, 0.15) is 20.3 Å². The zero-order chi connectivity index (χ0) is 10.6. The van der Waals surface area contributed by atoms with Gasteiger partial charge in [0.15, 0.2) is 0 Å². The van der Waals surface area contributed by atoms with Crippen LogP contribution in [0.25, 0.3) is 0 Å². The number of likely N-dealkylation sites (tertiary alicyclic amines) is 1. The summed E-state index contributed by atoms with van der Waals surface area (Å²) in [6, 6.07) is 0.798. The SMILES string of the molecule is CC(C)NC1CC(O)CN(CCO)C1. The topological polar surface area (TPSA) is 55.7 Å². The van der Waals surface area contributed by atoms with Crippen molar-refractivity contribution in [2.24, 2.45) is 0 Å². The number of aliphatic hydroxyl groups excluding tert-OH is 2. The van der Waals surface area contributed by atoms with E-state index in [9.17, 15) is 5.11 Å². The lowest BCUT2D eigenvalue weighted by molar-refractivity contribution is 0.0419. The van der Waals surface area contributed by atoms with Crippen molar-refractivity contribution in [3.63, 3.8) is 0 Å². The standard InChI is InChI=1S/C10H22N2O2/c1-8(2)11-9-5-10(14)7-12(6-9)3-4-13/h8-11,13-14H,3-7H2,1-2H3. The summed E-state index contributed by atoms with van der Waals surface area (Å²) in [7, 11) is 0. The second-order valence-electron chi connectivity index (χ2n) is 4.39. The van der Waals surface area contributed by atoms with Gasteiger partial charge < -0.3 is 15.5 Å². The Hall–Kier alpha value is -0.160. The van der Waals surface area contributed by atoms with Crippen LogP contribution in [0.15, 0.2) is 0 Å². The van der Waals surface area contributed by atoms with E-state index in [-0.39, 0.29) is 12.7 Å². The van der Waals surface area contributed by atoms with Gasteiger partial charge in [0.25, 0.3) is 0 Å². The Morgan fingerprint density at radius 1 is 1.43 bits per heavy atom. The van der Waals surface area contributed by atoms with Gasteiger partial charge in [0.05, 0.1) is 12.7 Å². The van der Waals surface area contributed by atoms with E-state index in [0.29, 0.717) is 25.2 Å². The molecule has 0 radical (unpaired) electrons. The van der Waals surface area contributed by atoms with Crippen molar-refractivity contribution in [2.75, 3.05) is 26.2 Å². The van der Waals surface area contributed by atoms with E-state index in [1.807, 2.05) is 0 Å². The monoisotopic (exact) mass is 202 g/mol. The van der Waals surface area contributed by atoms with E-state index >= 15 is 0 Å². The minimum Gasteiger partial charge on any atom is -0.395 e. The maximum Gasteiger partial charge on any atom is 0.0682 e. The van der Waals surface area contributed by atoms with Crippen molar-refractivity contribution in [3.8, 4) is 0 Å². The summed E-state index contributed by atoms with van der Waals surface area (Å²) >= 11 is 0. The van der Waals surface area contributed by atoms with Gasteiger partial charge in [0, 0.05) is 31.7 Å². The number of piperidine rings is 1. The fourth-order valence-corrected chi connectivity index (χ4v) is 2.08. The number of hydrogen-bond donors (Lipinski definition) is 3. The second-order valence-corrected chi connectivity index (χ2v) is 4.39. The Bertz CT molecular complexity index is 162. The van der Waals surface area contributed by atoms with Crippen LogP contribution in [0.2, 0.25) is 0 Å². The van der Waals surface area contributed by atoms with Crippen molar-refractivity contribution < 1.29 is 10.2 Å². The molecule has 1 saturated heterocycles. The zero-order valence-electron chi connectivity index (χ0n) is 9.11. The second kappa shape index (κ2) is 5.66. The first-order valence-electron chi connectivity index (χ1n) is 5.39. The molecule has 84 valence electrons. The molecule has 0 amide bonds. The highest BCUT2D eigenvalue weighted by molar-refractivity contribution is 4.83. The van der Waals surface area contributed by atoms with Gasteiger partial charge in [0.1, 0.15) is 0 Å². The van der Waals surface area contributed by atoms with Crippen LogP contribution in [0, 0.1) is 0 Å². The molecular weight excluding hydrogens is 180 g/mol. The predicted molar refractivity (Wildman–Crippen MR) is 56.2 cm³/mol. The lowest BCUT2D eigenvalue weighted by Gasteiger charge is -2.36. The molecule has 0 aromatic carbocycles. The summed E-state index contributed by atoms with van der Waals surface area (Å²) in [4.78, 5) is 2.11. The van der Waals surface area contributed by atoms with E-state index in [1.165, 1.54) is 0 Å². The lowest BCUT2D eigenvalue weighted by Crippen LogP contribution is -2.53. The first-order chi connectivity index (χ1) is 6.61. The Morgan fingerprint density at radius 3 is 2.71 bits per heavy atom. The smallest absolute Gasteiger partial charge is 0.0682 e. The molecule has 2 unspecified atom stereocenters. The molecule has 0 aliphatic carbocycles. The normalized spacial score (nSPS) is 29.8. The van der Waals surface area contributed by atoms with Gasteiger partial charge in [0.2, 0.25) is 0 Å². The molecule has 4 heteroatoms. The molecule has 0 aromatic rings. The number of β-amino-alcohol motifs (C(OH)–C–C–N with tert-alkyl or cyclic N) is 2. The summed E-state index contributed by atoms with van der Waals surface area (Å²) in [6.07, 6.45) is 0.562. The predicted octanol–water partition coefficient (Wildman–Crippen LogP) is -0.588. The van der Waals surface area contributed by atoms with Gasteiger partial charge in [-0.25, -0.2) is 0 Å². The van der Waals surface area contributed by atoms with E-state index in [4.69, 9.17) is 5.11 Å². The maximum atomic E-state index is 9.63. The lowest BCUT2D eigenvalue weighted by atomic mass is 10.0. The third-order valence-electron chi connectivity index (χ3n) is 2.49. The van der Waals surface area contributed by atoms with Crippen LogP contribution in [0.5, 0.6) is 0 Å². The average molecular weight is 202 g/mol. The van der Waals surface area contributed by atoms with Gasteiger partial charge in [-0.3, -0.25) is 4.90 Å². The highest BCUT2D eigenvalue weighted by Gasteiger charge is 2.25. The fourth-order valence-electron chi connectivity index (χ4n) is 2.08. The summed E-state index contributed by atoms with van der Waals surface area (Å²) in [5.74, 6) is 0. The van der Waals surface area contributed by atoms with E-state index in [2.05, 4.69) is 24.1 Å². The first kappa shape index (κ1) is 11.9. The van der Waals surface area contributed by atoms with Gasteiger partial charge in [-0.15, -0.1) is 0 Å². The maximum absolute atomic E-state index is 9.63.